The second-order valence-corrected chi connectivity index (χ2v) is 5.28. The molecule has 0 bridgehead atoms. The predicted molar refractivity (Wildman–Crippen MR) is 85.9 cm³/mol. The highest BCUT2D eigenvalue weighted by Gasteiger charge is 2.16. The molecule has 0 saturated carbocycles. The summed E-state index contributed by atoms with van der Waals surface area (Å²) in [6.07, 6.45) is 1.24. The summed E-state index contributed by atoms with van der Waals surface area (Å²) in [6.45, 7) is 9.03. The van der Waals surface area contributed by atoms with Crippen molar-refractivity contribution in [3.63, 3.8) is 0 Å². The van der Waals surface area contributed by atoms with Crippen LogP contribution in [0.1, 0.15) is 38.8 Å². The van der Waals surface area contributed by atoms with E-state index in [1.165, 1.54) is 0 Å². The quantitative estimate of drug-likeness (QED) is 0.637. The Morgan fingerprint density at radius 1 is 1.14 bits per heavy atom. The van der Waals surface area contributed by atoms with Gasteiger partial charge in [-0.1, -0.05) is 25.1 Å². The molecule has 0 aliphatic carbocycles. The van der Waals surface area contributed by atoms with E-state index in [0.717, 1.165) is 24.3 Å². The van der Waals surface area contributed by atoms with Crippen LogP contribution in [0.15, 0.2) is 24.3 Å². The summed E-state index contributed by atoms with van der Waals surface area (Å²) in [6, 6.07) is 8.30. The number of rotatable bonds is 11. The average Bonchev–Trinajstić information content (AvgIpc) is 2.47. The fourth-order valence-corrected chi connectivity index (χ4v) is 2.05. The zero-order valence-corrected chi connectivity index (χ0v) is 13.7. The summed E-state index contributed by atoms with van der Waals surface area (Å²) in [5.41, 5.74) is 1.15. The third kappa shape index (κ3) is 6.93. The van der Waals surface area contributed by atoms with Gasteiger partial charge in [0, 0.05) is 12.7 Å². The molecule has 0 spiro atoms. The van der Waals surface area contributed by atoms with Crippen molar-refractivity contribution < 1.29 is 14.2 Å². The molecular weight excluding hydrogens is 266 g/mol. The summed E-state index contributed by atoms with van der Waals surface area (Å²) >= 11 is 0. The van der Waals surface area contributed by atoms with E-state index in [4.69, 9.17) is 14.2 Å². The van der Waals surface area contributed by atoms with Crippen LogP contribution in [-0.2, 0) is 9.47 Å². The Morgan fingerprint density at radius 3 is 2.57 bits per heavy atom. The first kappa shape index (κ1) is 18.0. The fraction of sp³-hybridized carbons (Fsp3) is 0.647. The van der Waals surface area contributed by atoms with Crippen molar-refractivity contribution in [3.05, 3.63) is 29.8 Å². The molecule has 1 aromatic carbocycles. The van der Waals surface area contributed by atoms with Gasteiger partial charge < -0.3 is 19.5 Å². The first-order chi connectivity index (χ1) is 10.2. The maximum atomic E-state index is 5.91. The standard InChI is InChI=1S/C17H29NO3/c1-5-10-18-16(13-20-12-11-19-4)15-8-6-7-9-17(15)21-14(2)3/h6-9,14,16,18H,5,10-13H2,1-4H3. The van der Waals surface area contributed by atoms with Crippen LogP contribution in [0.5, 0.6) is 5.75 Å². The summed E-state index contributed by atoms with van der Waals surface area (Å²) < 4.78 is 16.6. The van der Waals surface area contributed by atoms with Crippen LogP contribution in [0.3, 0.4) is 0 Å². The molecule has 0 heterocycles. The molecule has 1 atom stereocenters. The summed E-state index contributed by atoms with van der Waals surface area (Å²) in [5, 5.41) is 3.53. The van der Waals surface area contributed by atoms with E-state index in [-0.39, 0.29) is 12.1 Å². The molecule has 1 unspecified atom stereocenters. The second kappa shape index (κ2) is 10.6. The van der Waals surface area contributed by atoms with Crippen molar-refractivity contribution in [2.24, 2.45) is 0 Å². The molecule has 1 aromatic rings. The number of benzene rings is 1. The molecule has 0 aliphatic rings. The van der Waals surface area contributed by atoms with Crippen molar-refractivity contribution in [1.29, 1.82) is 0 Å². The lowest BCUT2D eigenvalue weighted by atomic mass is 10.1. The molecule has 0 amide bonds. The highest BCUT2D eigenvalue weighted by Crippen LogP contribution is 2.26. The van der Waals surface area contributed by atoms with Gasteiger partial charge in [-0.15, -0.1) is 0 Å². The van der Waals surface area contributed by atoms with Gasteiger partial charge in [-0.3, -0.25) is 0 Å². The van der Waals surface area contributed by atoms with E-state index in [0.29, 0.717) is 19.8 Å². The molecule has 0 saturated heterocycles. The lowest BCUT2D eigenvalue weighted by Crippen LogP contribution is -2.27. The Hall–Kier alpha value is -1.10. The monoisotopic (exact) mass is 295 g/mol. The van der Waals surface area contributed by atoms with Crippen LogP contribution >= 0.6 is 0 Å². The van der Waals surface area contributed by atoms with Crippen molar-refractivity contribution in [2.75, 3.05) is 33.5 Å². The summed E-state index contributed by atoms with van der Waals surface area (Å²) in [5.74, 6) is 0.927. The van der Waals surface area contributed by atoms with Crippen LogP contribution in [0.2, 0.25) is 0 Å². The highest BCUT2D eigenvalue weighted by molar-refractivity contribution is 5.36. The fourth-order valence-electron chi connectivity index (χ4n) is 2.05. The van der Waals surface area contributed by atoms with E-state index in [1.807, 2.05) is 32.0 Å². The van der Waals surface area contributed by atoms with Crippen molar-refractivity contribution >= 4 is 0 Å². The average molecular weight is 295 g/mol. The normalized spacial score (nSPS) is 12.6. The number of para-hydroxylation sites is 1. The Kier molecular flexibility index (Phi) is 9.06. The summed E-state index contributed by atoms with van der Waals surface area (Å²) in [4.78, 5) is 0. The zero-order valence-electron chi connectivity index (χ0n) is 13.7. The lowest BCUT2D eigenvalue weighted by molar-refractivity contribution is 0.0579. The minimum atomic E-state index is 0.136. The van der Waals surface area contributed by atoms with Gasteiger partial charge in [-0.25, -0.2) is 0 Å². The van der Waals surface area contributed by atoms with E-state index in [2.05, 4.69) is 18.3 Å². The molecule has 0 fully saturated rings. The number of hydrogen-bond acceptors (Lipinski definition) is 4. The first-order valence-electron chi connectivity index (χ1n) is 7.74. The van der Waals surface area contributed by atoms with E-state index >= 15 is 0 Å². The van der Waals surface area contributed by atoms with Crippen molar-refractivity contribution in [3.8, 4) is 5.75 Å². The van der Waals surface area contributed by atoms with Gasteiger partial charge in [0.2, 0.25) is 0 Å². The first-order valence-corrected chi connectivity index (χ1v) is 7.74. The number of hydrogen-bond donors (Lipinski definition) is 1. The Morgan fingerprint density at radius 2 is 1.90 bits per heavy atom. The van der Waals surface area contributed by atoms with Crippen molar-refractivity contribution in [1.82, 2.24) is 5.32 Å². The third-order valence-corrected chi connectivity index (χ3v) is 3.01. The van der Waals surface area contributed by atoms with Crippen LogP contribution in [0.25, 0.3) is 0 Å². The Labute approximate surface area is 128 Å². The smallest absolute Gasteiger partial charge is 0.124 e. The molecule has 4 heteroatoms. The summed E-state index contributed by atoms with van der Waals surface area (Å²) in [7, 11) is 1.68. The van der Waals surface area contributed by atoms with Crippen LogP contribution in [0, 0.1) is 0 Å². The molecule has 0 aliphatic heterocycles. The third-order valence-electron chi connectivity index (χ3n) is 3.01. The number of methoxy groups -OCH3 is 1. The van der Waals surface area contributed by atoms with Gasteiger partial charge in [0.1, 0.15) is 5.75 Å². The maximum Gasteiger partial charge on any atom is 0.124 e. The van der Waals surface area contributed by atoms with Gasteiger partial charge in [-0.05, 0) is 32.9 Å². The molecule has 1 rings (SSSR count). The van der Waals surface area contributed by atoms with Crippen LogP contribution < -0.4 is 10.1 Å². The van der Waals surface area contributed by atoms with Crippen molar-refractivity contribution in [2.45, 2.75) is 39.3 Å². The maximum absolute atomic E-state index is 5.91. The van der Waals surface area contributed by atoms with Gasteiger partial charge >= 0.3 is 0 Å². The molecule has 0 aromatic heterocycles. The highest BCUT2D eigenvalue weighted by atomic mass is 16.5. The van der Waals surface area contributed by atoms with E-state index < -0.39 is 0 Å². The lowest BCUT2D eigenvalue weighted by Gasteiger charge is -2.23. The number of ether oxygens (including phenoxy) is 3. The number of nitrogens with one attached hydrogen (secondary N) is 1. The van der Waals surface area contributed by atoms with Gasteiger partial charge in [-0.2, -0.15) is 0 Å². The van der Waals surface area contributed by atoms with Crippen LogP contribution in [-0.4, -0.2) is 39.6 Å². The Balaban J connectivity index is 2.75. The minimum absolute atomic E-state index is 0.136. The molecule has 21 heavy (non-hydrogen) atoms. The van der Waals surface area contributed by atoms with Gasteiger partial charge in [0.15, 0.2) is 0 Å². The van der Waals surface area contributed by atoms with Gasteiger partial charge in [0.05, 0.1) is 32.0 Å². The second-order valence-electron chi connectivity index (χ2n) is 5.28. The van der Waals surface area contributed by atoms with E-state index in [9.17, 15) is 0 Å². The minimum Gasteiger partial charge on any atom is -0.491 e. The topological polar surface area (TPSA) is 39.7 Å². The molecular formula is C17H29NO3. The molecule has 4 nitrogen and oxygen atoms in total. The molecule has 0 radical (unpaired) electrons. The Bertz CT molecular complexity index is 382. The predicted octanol–water partition coefficient (Wildman–Crippen LogP) is 3.18. The molecule has 120 valence electrons. The van der Waals surface area contributed by atoms with E-state index in [1.54, 1.807) is 7.11 Å². The largest absolute Gasteiger partial charge is 0.491 e. The SMILES string of the molecule is CCCNC(COCCOC)c1ccccc1OC(C)C. The zero-order chi connectivity index (χ0) is 15.5. The molecule has 1 N–H and O–H groups in total. The van der Waals surface area contributed by atoms with Gasteiger partial charge in [0.25, 0.3) is 0 Å². The van der Waals surface area contributed by atoms with Crippen LogP contribution in [0.4, 0.5) is 0 Å².